The highest BCUT2D eigenvalue weighted by molar-refractivity contribution is 5.34. The van der Waals surface area contributed by atoms with E-state index in [1.54, 1.807) is 0 Å². The predicted octanol–water partition coefficient (Wildman–Crippen LogP) is 2.48. The van der Waals surface area contributed by atoms with Crippen molar-refractivity contribution in [2.24, 2.45) is 0 Å². The molecule has 0 heterocycles. The molecule has 0 aliphatic carbocycles. The highest BCUT2D eigenvalue weighted by atomic mass is 16.5. The number of hydrogen-bond acceptors (Lipinski definition) is 4. The topological polar surface area (TPSA) is 44.7 Å². The van der Waals surface area contributed by atoms with Crippen LogP contribution < -0.4 is 10.1 Å². The monoisotopic (exact) mass is 320 g/mol. The summed E-state index contributed by atoms with van der Waals surface area (Å²) in [7, 11) is 0. The molecule has 4 heteroatoms. The number of benzene rings is 1. The van der Waals surface area contributed by atoms with Crippen LogP contribution in [0.15, 0.2) is 36.9 Å². The van der Waals surface area contributed by atoms with Crippen LogP contribution in [0.1, 0.15) is 25.8 Å². The fraction of sp³-hybridized carbons (Fsp3) is 0.579. The largest absolute Gasteiger partial charge is 0.491 e. The molecule has 0 spiro atoms. The number of nitrogens with zero attached hydrogens (tertiary/aromatic N) is 1. The first-order chi connectivity index (χ1) is 11.2. The molecule has 0 radical (unpaired) electrons. The summed E-state index contributed by atoms with van der Waals surface area (Å²) in [5.74, 6) is 0.827. The van der Waals surface area contributed by atoms with E-state index in [0.29, 0.717) is 13.2 Å². The Morgan fingerprint density at radius 2 is 2.04 bits per heavy atom. The quantitative estimate of drug-likeness (QED) is 0.433. The van der Waals surface area contributed by atoms with Crippen molar-refractivity contribution in [3.05, 3.63) is 42.5 Å². The summed E-state index contributed by atoms with van der Waals surface area (Å²) in [4.78, 5) is 2.40. The van der Waals surface area contributed by atoms with Crippen LogP contribution in [0, 0.1) is 0 Å². The van der Waals surface area contributed by atoms with Crippen LogP contribution in [0.2, 0.25) is 0 Å². The van der Waals surface area contributed by atoms with Crippen LogP contribution in [-0.2, 0) is 6.42 Å². The summed E-state index contributed by atoms with van der Waals surface area (Å²) in [6.45, 7) is 13.2. The van der Waals surface area contributed by atoms with Crippen molar-refractivity contribution in [3.8, 4) is 5.75 Å². The van der Waals surface area contributed by atoms with E-state index in [4.69, 9.17) is 4.74 Å². The number of nitrogens with one attached hydrogen (secondary N) is 1. The predicted molar refractivity (Wildman–Crippen MR) is 97.1 cm³/mol. The molecule has 2 N–H and O–H groups in total. The Morgan fingerprint density at radius 1 is 1.30 bits per heavy atom. The van der Waals surface area contributed by atoms with E-state index in [1.807, 2.05) is 30.3 Å². The SMILES string of the molecule is C=CCc1ccccc1OCC(O)CNCCCN(CC)CC. The first-order valence-electron chi connectivity index (χ1n) is 8.63. The van der Waals surface area contributed by atoms with Crippen LogP contribution in [-0.4, -0.2) is 55.4 Å². The molecule has 130 valence electrons. The van der Waals surface area contributed by atoms with Gasteiger partial charge in [-0.25, -0.2) is 0 Å². The zero-order valence-electron chi connectivity index (χ0n) is 14.6. The summed E-state index contributed by atoms with van der Waals surface area (Å²) in [5, 5.41) is 13.3. The Hall–Kier alpha value is -1.36. The summed E-state index contributed by atoms with van der Waals surface area (Å²) >= 11 is 0. The lowest BCUT2D eigenvalue weighted by Crippen LogP contribution is -2.33. The molecule has 4 nitrogen and oxygen atoms in total. The molecule has 1 aromatic carbocycles. The molecule has 1 atom stereocenters. The normalized spacial score (nSPS) is 12.3. The molecule has 0 aromatic heterocycles. The number of aliphatic hydroxyl groups is 1. The number of rotatable bonds is 13. The maximum Gasteiger partial charge on any atom is 0.122 e. The first-order valence-corrected chi connectivity index (χ1v) is 8.63. The minimum absolute atomic E-state index is 0.303. The molecule has 0 aliphatic heterocycles. The summed E-state index contributed by atoms with van der Waals surface area (Å²) in [6.07, 6.45) is 3.23. The van der Waals surface area contributed by atoms with Crippen LogP contribution in [0.3, 0.4) is 0 Å². The van der Waals surface area contributed by atoms with Gasteiger partial charge in [-0.15, -0.1) is 6.58 Å². The highest BCUT2D eigenvalue weighted by Gasteiger charge is 2.07. The van der Waals surface area contributed by atoms with Gasteiger partial charge in [0.25, 0.3) is 0 Å². The lowest BCUT2D eigenvalue weighted by molar-refractivity contribution is 0.106. The molecule has 0 saturated carbocycles. The number of allylic oxidation sites excluding steroid dienone is 1. The van der Waals surface area contributed by atoms with Crippen molar-refractivity contribution in [1.29, 1.82) is 0 Å². The molecule has 0 saturated heterocycles. The zero-order valence-corrected chi connectivity index (χ0v) is 14.6. The van der Waals surface area contributed by atoms with Crippen LogP contribution in [0.25, 0.3) is 0 Å². The van der Waals surface area contributed by atoms with Crippen LogP contribution in [0.5, 0.6) is 5.75 Å². The van der Waals surface area contributed by atoms with Crippen LogP contribution in [0.4, 0.5) is 0 Å². The summed E-state index contributed by atoms with van der Waals surface area (Å²) in [6, 6.07) is 7.89. The molecule has 1 unspecified atom stereocenters. The average molecular weight is 320 g/mol. The third-order valence-corrected chi connectivity index (χ3v) is 3.87. The number of ether oxygens (including phenoxy) is 1. The van der Waals surface area contributed by atoms with Gasteiger partial charge in [0.1, 0.15) is 18.5 Å². The minimum atomic E-state index is -0.500. The third kappa shape index (κ3) is 8.16. The van der Waals surface area contributed by atoms with Gasteiger partial charge in [-0.2, -0.15) is 0 Å². The zero-order chi connectivity index (χ0) is 16.9. The molecule has 0 bridgehead atoms. The van der Waals surface area contributed by atoms with E-state index in [2.05, 4.69) is 30.6 Å². The smallest absolute Gasteiger partial charge is 0.122 e. The second-order valence-corrected chi connectivity index (χ2v) is 5.65. The van der Waals surface area contributed by atoms with Crippen molar-refractivity contribution in [3.63, 3.8) is 0 Å². The van der Waals surface area contributed by atoms with E-state index in [0.717, 1.165) is 50.3 Å². The molecule has 0 fully saturated rings. The molecular weight excluding hydrogens is 288 g/mol. The lowest BCUT2D eigenvalue weighted by atomic mass is 10.1. The molecule has 0 aliphatic rings. The Morgan fingerprint density at radius 3 is 2.74 bits per heavy atom. The summed E-state index contributed by atoms with van der Waals surface area (Å²) < 4.78 is 5.74. The van der Waals surface area contributed by atoms with E-state index in [9.17, 15) is 5.11 Å². The number of para-hydroxylation sites is 1. The Kier molecular flexibility index (Phi) is 10.4. The number of hydrogen-bond donors (Lipinski definition) is 2. The lowest BCUT2D eigenvalue weighted by Gasteiger charge is -2.18. The molecule has 23 heavy (non-hydrogen) atoms. The second kappa shape index (κ2) is 12.1. The average Bonchev–Trinajstić information content (AvgIpc) is 2.57. The fourth-order valence-electron chi connectivity index (χ4n) is 2.45. The molecular formula is C19H32N2O2. The first kappa shape index (κ1) is 19.7. The molecule has 0 amide bonds. The Bertz CT molecular complexity index is 433. The Balaban J connectivity index is 2.19. The van der Waals surface area contributed by atoms with Crippen molar-refractivity contribution in [2.45, 2.75) is 32.8 Å². The van der Waals surface area contributed by atoms with Gasteiger partial charge in [-0.1, -0.05) is 38.1 Å². The second-order valence-electron chi connectivity index (χ2n) is 5.65. The van der Waals surface area contributed by atoms with Gasteiger partial charge in [0.15, 0.2) is 0 Å². The summed E-state index contributed by atoms with van der Waals surface area (Å²) in [5.41, 5.74) is 1.10. The third-order valence-electron chi connectivity index (χ3n) is 3.87. The van der Waals surface area contributed by atoms with Gasteiger partial charge in [-0.3, -0.25) is 0 Å². The molecule has 1 rings (SSSR count). The number of aliphatic hydroxyl groups excluding tert-OH is 1. The van der Waals surface area contributed by atoms with Crippen LogP contribution >= 0.6 is 0 Å². The van der Waals surface area contributed by atoms with Gasteiger partial charge in [-0.05, 0) is 50.7 Å². The van der Waals surface area contributed by atoms with E-state index in [1.165, 1.54) is 0 Å². The van der Waals surface area contributed by atoms with Crippen molar-refractivity contribution in [2.75, 3.05) is 39.3 Å². The van der Waals surface area contributed by atoms with Gasteiger partial charge in [0.2, 0.25) is 0 Å². The maximum atomic E-state index is 10.0. The van der Waals surface area contributed by atoms with Crippen molar-refractivity contribution in [1.82, 2.24) is 10.2 Å². The van der Waals surface area contributed by atoms with Gasteiger partial charge in [0, 0.05) is 6.54 Å². The van der Waals surface area contributed by atoms with E-state index in [-0.39, 0.29) is 0 Å². The standard InChI is InChI=1S/C19H32N2O2/c1-4-10-17-11-7-8-12-19(17)23-16-18(22)15-20-13-9-14-21(5-2)6-3/h4,7-8,11-12,18,20,22H,1,5-6,9-10,13-16H2,2-3H3. The highest BCUT2D eigenvalue weighted by Crippen LogP contribution is 2.18. The van der Waals surface area contributed by atoms with Gasteiger partial charge in [0.05, 0.1) is 0 Å². The van der Waals surface area contributed by atoms with Crippen molar-refractivity contribution < 1.29 is 9.84 Å². The fourth-order valence-corrected chi connectivity index (χ4v) is 2.45. The Labute approximate surface area is 141 Å². The van der Waals surface area contributed by atoms with Gasteiger partial charge >= 0.3 is 0 Å². The van der Waals surface area contributed by atoms with E-state index >= 15 is 0 Å². The van der Waals surface area contributed by atoms with Gasteiger partial charge < -0.3 is 20.1 Å². The molecule has 1 aromatic rings. The van der Waals surface area contributed by atoms with Crippen molar-refractivity contribution >= 4 is 0 Å². The maximum absolute atomic E-state index is 10.0. The van der Waals surface area contributed by atoms with E-state index < -0.39 is 6.10 Å². The minimum Gasteiger partial charge on any atom is -0.491 e.